The SMILES string of the molecule is C=C(C)c1ncn(CC(=O)N2CCN(c3sc(C(F)(F)F)nc3-c3cnc(OCC)nc3)C[C@H]2C)n1. The lowest BCUT2D eigenvalue weighted by atomic mass is 10.1. The van der Waals surface area contributed by atoms with Gasteiger partial charge in [-0.1, -0.05) is 17.9 Å². The number of hydrogen-bond donors (Lipinski definition) is 0. The van der Waals surface area contributed by atoms with Crippen molar-refractivity contribution < 1.29 is 22.7 Å². The van der Waals surface area contributed by atoms with Gasteiger partial charge in [-0.05, 0) is 26.3 Å². The van der Waals surface area contributed by atoms with Crippen LogP contribution < -0.4 is 9.64 Å². The van der Waals surface area contributed by atoms with Crippen LogP contribution in [0.15, 0.2) is 25.3 Å². The summed E-state index contributed by atoms with van der Waals surface area (Å²) in [4.78, 5) is 32.6. The minimum absolute atomic E-state index is 0.0121. The standard InChI is InChI=1S/C22H25F3N8O2S/c1-5-35-21-26-8-15(9-27-21)17-19(36-20(29-17)22(23,24)25)31-6-7-33(14(4)10-31)16(34)11-32-12-28-18(30-32)13(2)3/h8-9,12,14H,2,5-7,10-11H2,1,3-4H3/t14-/m1/s1. The van der Waals surface area contributed by atoms with Crippen LogP contribution in [0.3, 0.4) is 0 Å². The molecule has 14 heteroatoms. The number of carbonyl (C=O) groups excluding carboxylic acids is 1. The number of anilines is 1. The third-order valence-electron chi connectivity index (χ3n) is 5.48. The van der Waals surface area contributed by atoms with Gasteiger partial charge in [0, 0.05) is 43.6 Å². The zero-order valence-electron chi connectivity index (χ0n) is 20.0. The van der Waals surface area contributed by atoms with Crippen molar-refractivity contribution in [1.82, 2.24) is 34.6 Å². The highest BCUT2D eigenvalue weighted by atomic mass is 32.1. The number of carbonyl (C=O) groups is 1. The molecule has 192 valence electrons. The van der Waals surface area contributed by atoms with E-state index in [1.807, 2.05) is 11.8 Å². The van der Waals surface area contributed by atoms with E-state index in [9.17, 15) is 18.0 Å². The predicted molar refractivity (Wildman–Crippen MR) is 127 cm³/mol. The minimum atomic E-state index is -4.59. The maximum atomic E-state index is 13.5. The molecule has 0 radical (unpaired) electrons. The number of alkyl halides is 3. The van der Waals surface area contributed by atoms with E-state index in [0.29, 0.717) is 59.5 Å². The first-order chi connectivity index (χ1) is 17.1. The van der Waals surface area contributed by atoms with E-state index >= 15 is 0 Å². The van der Waals surface area contributed by atoms with Crippen LogP contribution in [0.4, 0.5) is 18.2 Å². The molecule has 1 aliphatic rings. The Morgan fingerprint density at radius 1 is 1.25 bits per heavy atom. The molecule has 4 heterocycles. The fourth-order valence-electron chi connectivity index (χ4n) is 3.79. The van der Waals surface area contributed by atoms with E-state index in [1.54, 1.807) is 18.7 Å². The van der Waals surface area contributed by atoms with Crippen molar-refractivity contribution in [3.8, 4) is 17.3 Å². The molecule has 0 saturated carbocycles. The Bertz CT molecular complexity index is 1240. The quantitative estimate of drug-likeness (QED) is 0.466. The second-order valence-corrected chi connectivity index (χ2v) is 9.26. The Hall–Kier alpha value is -3.55. The first-order valence-corrected chi connectivity index (χ1v) is 12.0. The van der Waals surface area contributed by atoms with Gasteiger partial charge in [-0.2, -0.15) is 18.3 Å². The van der Waals surface area contributed by atoms with E-state index in [1.165, 1.54) is 23.4 Å². The zero-order chi connectivity index (χ0) is 26.0. The lowest BCUT2D eigenvalue weighted by molar-refractivity contribution is -0.137. The molecule has 36 heavy (non-hydrogen) atoms. The maximum Gasteiger partial charge on any atom is 0.443 e. The molecule has 0 unspecified atom stereocenters. The van der Waals surface area contributed by atoms with Gasteiger partial charge in [-0.15, -0.1) is 0 Å². The maximum absolute atomic E-state index is 13.5. The van der Waals surface area contributed by atoms with Crippen molar-refractivity contribution in [1.29, 1.82) is 0 Å². The molecule has 0 aromatic carbocycles. The van der Waals surface area contributed by atoms with Crippen molar-refractivity contribution in [3.05, 3.63) is 36.1 Å². The summed E-state index contributed by atoms with van der Waals surface area (Å²) in [5, 5.41) is 3.64. The third kappa shape index (κ3) is 5.48. The Morgan fingerprint density at radius 3 is 2.56 bits per heavy atom. The van der Waals surface area contributed by atoms with Crippen LogP contribution in [0.5, 0.6) is 6.01 Å². The number of ether oxygens (including phenoxy) is 1. The molecule has 0 aliphatic carbocycles. The summed E-state index contributed by atoms with van der Waals surface area (Å²) in [6.07, 6.45) is -0.313. The molecule has 0 spiro atoms. The lowest BCUT2D eigenvalue weighted by Gasteiger charge is -2.40. The molecule has 0 N–H and O–H groups in total. The second kappa shape index (κ2) is 10.2. The van der Waals surface area contributed by atoms with Gasteiger partial charge in [0.1, 0.15) is 23.6 Å². The third-order valence-corrected chi connectivity index (χ3v) is 6.64. The summed E-state index contributed by atoms with van der Waals surface area (Å²) < 4.78 is 47.3. The van der Waals surface area contributed by atoms with Gasteiger partial charge in [0.25, 0.3) is 0 Å². The molecular weight excluding hydrogens is 497 g/mol. The molecular formula is C22H25F3N8O2S. The van der Waals surface area contributed by atoms with Crippen LogP contribution in [0, 0.1) is 0 Å². The first-order valence-electron chi connectivity index (χ1n) is 11.2. The normalized spacial score (nSPS) is 16.3. The number of allylic oxidation sites excluding steroid dienone is 1. The number of hydrogen-bond acceptors (Lipinski definition) is 9. The predicted octanol–water partition coefficient (Wildman–Crippen LogP) is 3.38. The summed E-state index contributed by atoms with van der Waals surface area (Å²) in [7, 11) is 0. The molecule has 1 fully saturated rings. The first kappa shape index (κ1) is 25.5. The number of amides is 1. The van der Waals surface area contributed by atoms with Crippen LogP contribution in [0.2, 0.25) is 0 Å². The van der Waals surface area contributed by atoms with Gasteiger partial charge in [0.15, 0.2) is 5.82 Å². The number of rotatable bonds is 7. The Balaban J connectivity index is 1.53. The van der Waals surface area contributed by atoms with E-state index in [0.717, 1.165) is 0 Å². The van der Waals surface area contributed by atoms with Gasteiger partial charge in [-0.25, -0.2) is 24.6 Å². The highest BCUT2D eigenvalue weighted by molar-refractivity contribution is 7.16. The molecule has 3 aromatic heterocycles. The Kier molecular flexibility index (Phi) is 7.24. The molecule has 1 saturated heterocycles. The number of thiazole rings is 1. The van der Waals surface area contributed by atoms with Crippen LogP contribution in [0.25, 0.3) is 16.8 Å². The highest BCUT2D eigenvalue weighted by Crippen LogP contribution is 2.43. The Labute approximate surface area is 209 Å². The average molecular weight is 523 g/mol. The largest absolute Gasteiger partial charge is 0.464 e. The smallest absolute Gasteiger partial charge is 0.443 e. The fraction of sp³-hybridized carbons (Fsp3) is 0.455. The van der Waals surface area contributed by atoms with Crippen LogP contribution in [0.1, 0.15) is 31.6 Å². The zero-order valence-corrected chi connectivity index (χ0v) is 20.8. The molecule has 1 aliphatic heterocycles. The van der Waals surface area contributed by atoms with E-state index in [4.69, 9.17) is 4.74 Å². The fourth-order valence-corrected chi connectivity index (χ4v) is 4.78. The van der Waals surface area contributed by atoms with Gasteiger partial charge >= 0.3 is 12.2 Å². The van der Waals surface area contributed by atoms with Crippen molar-refractivity contribution in [2.24, 2.45) is 0 Å². The summed E-state index contributed by atoms with van der Waals surface area (Å²) in [5.41, 5.74) is 1.20. The van der Waals surface area contributed by atoms with Gasteiger partial charge < -0.3 is 14.5 Å². The number of aromatic nitrogens is 6. The topological polar surface area (TPSA) is 102 Å². The minimum Gasteiger partial charge on any atom is -0.464 e. The van der Waals surface area contributed by atoms with Crippen LogP contribution >= 0.6 is 11.3 Å². The molecule has 1 atom stereocenters. The van der Waals surface area contributed by atoms with Crippen molar-refractivity contribution in [3.63, 3.8) is 0 Å². The van der Waals surface area contributed by atoms with Gasteiger partial charge in [0.2, 0.25) is 10.9 Å². The highest BCUT2D eigenvalue weighted by Gasteiger charge is 2.38. The molecule has 0 bridgehead atoms. The summed E-state index contributed by atoms with van der Waals surface area (Å²) in [6.45, 7) is 10.6. The summed E-state index contributed by atoms with van der Waals surface area (Å²) >= 11 is 0.571. The van der Waals surface area contributed by atoms with Crippen molar-refractivity contribution in [2.75, 3.05) is 31.1 Å². The number of piperazine rings is 1. The van der Waals surface area contributed by atoms with Gasteiger partial charge in [0.05, 0.1) is 6.61 Å². The summed E-state index contributed by atoms with van der Waals surface area (Å²) in [5.74, 6) is 0.317. The van der Waals surface area contributed by atoms with Crippen molar-refractivity contribution >= 4 is 27.8 Å². The van der Waals surface area contributed by atoms with Crippen molar-refractivity contribution in [2.45, 2.75) is 39.5 Å². The molecule has 4 rings (SSSR count). The van der Waals surface area contributed by atoms with E-state index in [2.05, 4.69) is 31.6 Å². The molecule has 1 amide bonds. The summed E-state index contributed by atoms with van der Waals surface area (Å²) in [6, 6.07) is -0.117. The average Bonchev–Trinajstić information content (AvgIpc) is 3.47. The van der Waals surface area contributed by atoms with Gasteiger partial charge in [-0.3, -0.25) is 4.79 Å². The van der Waals surface area contributed by atoms with Crippen LogP contribution in [-0.2, 0) is 17.5 Å². The van der Waals surface area contributed by atoms with E-state index < -0.39 is 11.2 Å². The number of nitrogens with zero attached hydrogens (tertiary/aromatic N) is 8. The second-order valence-electron chi connectivity index (χ2n) is 8.29. The van der Waals surface area contributed by atoms with Crippen LogP contribution in [-0.4, -0.2) is 72.8 Å². The lowest BCUT2D eigenvalue weighted by Crippen LogP contribution is -2.54. The monoisotopic (exact) mass is 522 g/mol. The Morgan fingerprint density at radius 2 is 1.97 bits per heavy atom. The number of halogens is 3. The molecule has 10 nitrogen and oxygen atoms in total. The molecule has 3 aromatic rings. The van der Waals surface area contributed by atoms with E-state index in [-0.39, 0.29) is 30.2 Å².